The van der Waals surface area contributed by atoms with E-state index < -0.39 is 13.1 Å². The fraction of sp³-hybridized carbons (Fsp3) is 0.0909. The van der Waals surface area contributed by atoms with Gasteiger partial charge in [-0.3, -0.25) is 0 Å². The zero-order valence-electron chi connectivity index (χ0n) is 9.94. The topological polar surface area (TPSA) is 122 Å². The van der Waals surface area contributed by atoms with Crippen LogP contribution in [0, 0.1) is 0 Å². The molecule has 3 rings (SSSR count). The molecule has 1 aromatic carbocycles. The molecule has 0 aliphatic carbocycles. The van der Waals surface area contributed by atoms with Gasteiger partial charge >= 0.3 is 13.1 Å². The van der Waals surface area contributed by atoms with Crippen molar-refractivity contribution in [3.63, 3.8) is 0 Å². The number of aromatic nitrogens is 1. The molecular formula is C11H8BNO7. The van der Waals surface area contributed by atoms with Gasteiger partial charge in [-0.25, -0.2) is 4.79 Å². The van der Waals surface area contributed by atoms with E-state index in [2.05, 4.69) is 9.68 Å². The van der Waals surface area contributed by atoms with Crippen LogP contribution in [-0.4, -0.2) is 40.2 Å². The number of ether oxygens (including phenoxy) is 2. The van der Waals surface area contributed by atoms with Crippen LogP contribution in [-0.2, 0) is 0 Å². The maximum atomic E-state index is 10.8. The van der Waals surface area contributed by atoms with Gasteiger partial charge in [-0.1, -0.05) is 5.16 Å². The second kappa shape index (κ2) is 4.55. The summed E-state index contributed by atoms with van der Waals surface area (Å²) in [6, 6.07) is 4.27. The summed E-state index contributed by atoms with van der Waals surface area (Å²) in [6.07, 6.45) is 0. The van der Waals surface area contributed by atoms with Crippen molar-refractivity contribution in [2.45, 2.75) is 0 Å². The summed E-state index contributed by atoms with van der Waals surface area (Å²) in [4.78, 5) is 10.8. The summed E-state index contributed by atoms with van der Waals surface area (Å²) in [6.45, 7) is -0.0301. The number of rotatable bonds is 3. The molecular weight excluding hydrogens is 269 g/mol. The first-order valence-electron chi connectivity index (χ1n) is 5.57. The molecule has 2 heterocycles. The first kappa shape index (κ1) is 12.5. The lowest BCUT2D eigenvalue weighted by Crippen LogP contribution is -2.32. The van der Waals surface area contributed by atoms with Crippen molar-refractivity contribution in [1.82, 2.24) is 5.16 Å². The van der Waals surface area contributed by atoms with E-state index in [4.69, 9.17) is 14.6 Å². The van der Waals surface area contributed by atoms with Crippen LogP contribution in [0.5, 0.6) is 11.5 Å². The Labute approximate surface area is 112 Å². The van der Waals surface area contributed by atoms with Gasteiger partial charge in [-0.2, -0.15) is 0 Å². The Bertz CT molecular complexity index is 681. The predicted octanol–water partition coefficient (Wildman–Crippen LogP) is -0.552. The fourth-order valence-electron chi connectivity index (χ4n) is 1.98. The zero-order valence-corrected chi connectivity index (χ0v) is 9.94. The third-order valence-electron chi connectivity index (χ3n) is 2.83. The van der Waals surface area contributed by atoms with E-state index in [0.717, 1.165) is 0 Å². The maximum absolute atomic E-state index is 10.8. The third kappa shape index (κ3) is 1.89. The molecule has 0 saturated carbocycles. The van der Waals surface area contributed by atoms with Gasteiger partial charge in [0, 0.05) is 17.1 Å². The van der Waals surface area contributed by atoms with Crippen molar-refractivity contribution in [1.29, 1.82) is 0 Å². The molecule has 1 aliphatic rings. The summed E-state index contributed by atoms with van der Waals surface area (Å²) < 4.78 is 15.0. The lowest BCUT2D eigenvalue weighted by atomic mass is 9.75. The average molecular weight is 277 g/mol. The summed E-state index contributed by atoms with van der Waals surface area (Å²) >= 11 is 0. The molecule has 0 atom stereocenters. The number of hydrogen-bond donors (Lipinski definition) is 3. The highest BCUT2D eigenvalue weighted by Gasteiger charge is 2.30. The SMILES string of the molecule is O=C(O)c1cc(-c2ccc3c(c2B(O)O)OCO3)no1. The lowest BCUT2D eigenvalue weighted by Gasteiger charge is -2.09. The van der Waals surface area contributed by atoms with Gasteiger partial charge in [0.25, 0.3) is 0 Å². The van der Waals surface area contributed by atoms with Crippen LogP contribution in [0.3, 0.4) is 0 Å². The van der Waals surface area contributed by atoms with E-state index >= 15 is 0 Å². The third-order valence-corrected chi connectivity index (χ3v) is 2.83. The summed E-state index contributed by atoms with van der Waals surface area (Å²) in [5.74, 6) is -1.05. The predicted molar refractivity (Wildman–Crippen MR) is 64.8 cm³/mol. The number of aromatic carboxylic acids is 1. The molecule has 1 aliphatic heterocycles. The Morgan fingerprint density at radius 2 is 2.10 bits per heavy atom. The largest absolute Gasteiger partial charge is 0.493 e. The number of hydrogen-bond acceptors (Lipinski definition) is 7. The second-order valence-electron chi connectivity index (χ2n) is 4.02. The fourth-order valence-corrected chi connectivity index (χ4v) is 1.98. The van der Waals surface area contributed by atoms with Crippen LogP contribution in [0.2, 0.25) is 0 Å². The van der Waals surface area contributed by atoms with E-state index in [-0.39, 0.29) is 29.5 Å². The van der Waals surface area contributed by atoms with Crippen LogP contribution in [0.4, 0.5) is 0 Å². The average Bonchev–Trinajstić information content (AvgIpc) is 3.05. The Morgan fingerprint density at radius 1 is 1.30 bits per heavy atom. The molecule has 2 aromatic rings. The van der Waals surface area contributed by atoms with Crippen molar-refractivity contribution in [3.05, 3.63) is 24.0 Å². The molecule has 0 bridgehead atoms. The number of carbonyl (C=O) groups is 1. The summed E-state index contributed by atoms with van der Waals surface area (Å²) in [7, 11) is -1.83. The Kier molecular flexibility index (Phi) is 2.85. The summed E-state index contributed by atoms with van der Waals surface area (Å²) in [5, 5.41) is 31.4. The monoisotopic (exact) mass is 277 g/mol. The van der Waals surface area contributed by atoms with Gasteiger partial charge in [-0.15, -0.1) is 0 Å². The lowest BCUT2D eigenvalue weighted by molar-refractivity contribution is 0.0652. The smallest absolute Gasteiger partial charge is 0.475 e. The second-order valence-corrected chi connectivity index (χ2v) is 4.02. The van der Waals surface area contributed by atoms with Gasteiger partial charge in [0.05, 0.1) is 0 Å². The van der Waals surface area contributed by atoms with Crippen LogP contribution in [0.1, 0.15) is 10.6 Å². The molecule has 0 radical (unpaired) electrons. The van der Waals surface area contributed by atoms with E-state index in [1.54, 1.807) is 6.07 Å². The Morgan fingerprint density at radius 3 is 2.75 bits per heavy atom. The zero-order chi connectivity index (χ0) is 14.3. The molecule has 20 heavy (non-hydrogen) atoms. The molecule has 9 heteroatoms. The highest BCUT2D eigenvalue weighted by molar-refractivity contribution is 6.61. The first-order chi connectivity index (χ1) is 9.58. The molecule has 0 amide bonds. The molecule has 102 valence electrons. The molecule has 0 fully saturated rings. The minimum absolute atomic E-state index is 0.0301. The standard InChI is InChI=1S/C11H8BNO7/c14-11(15)8-3-6(13-20-8)5-1-2-7-10(19-4-18-7)9(5)12(16)17/h1-3,16-17H,4H2,(H,14,15). The minimum Gasteiger partial charge on any atom is -0.475 e. The molecule has 0 saturated heterocycles. The molecule has 0 unspecified atom stereocenters. The molecule has 0 spiro atoms. The Hall–Kier alpha value is -2.52. The van der Waals surface area contributed by atoms with E-state index in [1.165, 1.54) is 12.1 Å². The minimum atomic E-state index is -1.83. The van der Waals surface area contributed by atoms with Crippen LogP contribution < -0.4 is 14.9 Å². The van der Waals surface area contributed by atoms with Crippen molar-refractivity contribution in [2.75, 3.05) is 6.79 Å². The van der Waals surface area contributed by atoms with Gasteiger partial charge in [0.1, 0.15) is 5.69 Å². The quantitative estimate of drug-likeness (QED) is 0.638. The van der Waals surface area contributed by atoms with E-state index in [0.29, 0.717) is 11.3 Å². The van der Waals surface area contributed by atoms with Crippen molar-refractivity contribution in [2.24, 2.45) is 0 Å². The number of carboxylic acids is 1. The Balaban J connectivity index is 2.15. The number of fused-ring (bicyclic) bond motifs is 1. The van der Waals surface area contributed by atoms with E-state index in [1.807, 2.05) is 0 Å². The molecule has 1 aromatic heterocycles. The van der Waals surface area contributed by atoms with Crippen molar-refractivity contribution < 1.29 is 33.9 Å². The van der Waals surface area contributed by atoms with Crippen LogP contribution >= 0.6 is 0 Å². The van der Waals surface area contributed by atoms with Gasteiger partial charge < -0.3 is 29.2 Å². The summed E-state index contributed by atoms with van der Waals surface area (Å²) in [5.41, 5.74) is 0.495. The maximum Gasteiger partial charge on any atom is 0.493 e. The molecule has 8 nitrogen and oxygen atoms in total. The van der Waals surface area contributed by atoms with Crippen molar-refractivity contribution in [3.8, 4) is 22.8 Å². The first-order valence-corrected chi connectivity index (χ1v) is 5.57. The molecule has 3 N–H and O–H groups in total. The van der Waals surface area contributed by atoms with Gasteiger partial charge in [0.2, 0.25) is 12.6 Å². The van der Waals surface area contributed by atoms with Gasteiger partial charge in [-0.05, 0) is 12.1 Å². The highest BCUT2D eigenvalue weighted by atomic mass is 16.7. The van der Waals surface area contributed by atoms with Crippen LogP contribution in [0.25, 0.3) is 11.3 Å². The van der Waals surface area contributed by atoms with E-state index in [9.17, 15) is 14.8 Å². The number of nitrogens with zero attached hydrogens (tertiary/aromatic N) is 1. The number of carboxylic acid groups (broad SMARTS) is 1. The van der Waals surface area contributed by atoms with Crippen LogP contribution in [0.15, 0.2) is 22.7 Å². The highest BCUT2D eigenvalue weighted by Crippen LogP contribution is 2.34. The van der Waals surface area contributed by atoms with Crippen molar-refractivity contribution >= 4 is 18.6 Å². The number of benzene rings is 1. The normalized spacial score (nSPS) is 12.5. The van der Waals surface area contributed by atoms with Gasteiger partial charge in [0.15, 0.2) is 11.5 Å².